The van der Waals surface area contributed by atoms with Crippen LogP contribution in [0.2, 0.25) is 0 Å². The van der Waals surface area contributed by atoms with Crippen LogP contribution in [0.25, 0.3) is 0 Å². The number of hydrogen-bond acceptors (Lipinski definition) is 0. The van der Waals surface area contributed by atoms with E-state index in [9.17, 15) is 26.3 Å². The van der Waals surface area contributed by atoms with Crippen LogP contribution < -0.4 is 0 Å². The monoisotopic (exact) mass is 199 g/mol. The third-order valence-electron chi connectivity index (χ3n) is 0.699. The Balaban J connectivity index is 4.13. The Morgan fingerprint density at radius 3 is 1.55 bits per heavy atom. The van der Waals surface area contributed by atoms with Crippen LogP contribution in [-0.2, 0) is 0 Å². The van der Waals surface area contributed by atoms with Gasteiger partial charge in [0.1, 0.15) is 0 Å². The SMILES string of the molecule is F[C](F)C(F)(Cl)CC(F)(F)F. The molecule has 0 nitrogen and oxygen atoms in total. The summed E-state index contributed by atoms with van der Waals surface area (Å²) in [5.41, 5.74) is 0. The second-order valence-corrected chi connectivity index (χ2v) is 2.36. The molecule has 0 aliphatic rings. The lowest BCUT2D eigenvalue weighted by Crippen LogP contribution is -2.27. The molecule has 0 fully saturated rings. The average Bonchev–Trinajstić information content (AvgIpc) is 1.56. The Bertz CT molecular complexity index is 127. The Kier molecular flexibility index (Phi) is 3.05. The van der Waals surface area contributed by atoms with Crippen LogP contribution in [0, 0.1) is 6.43 Å². The van der Waals surface area contributed by atoms with Gasteiger partial charge < -0.3 is 0 Å². The molecule has 0 spiro atoms. The van der Waals surface area contributed by atoms with Crippen LogP contribution in [0.3, 0.4) is 0 Å². The molecule has 0 rings (SSSR count). The molecule has 11 heavy (non-hydrogen) atoms. The highest BCUT2D eigenvalue weighted by atomic mass is 35.5. The van der Waals surface area contributed by atoms with Gasteiger partial charge in [0, 0.05) is 0 Å². The number of alkyl halides is 5. The first-order valence-electron chi connectivity index (χ1n) is 2.28. The molecular weight excluding hydrogens is 197 g/mol. The molecule has 7 heteroatoms. The van der Waals surface area contributed by atoms with Gasteiger partial charge in [0.05, 0.1) is 6.42 Å². The second-order valence-electron chi connectivity index (χ2n) is 1.76. The summed E-state index contributed by atoms with van der Waals surface area (Å²) in [6.07, 6.45) is -10.5. The van der Waals surface area contributed by atoms with Gasteiger partial charge in [0.15, 0.2) is 0 Å². The normalized spacial score (nSPS) is 18.5. The minimum absolute atomic E-state index is 2.39. The first-order valence-corrected chi connectivity index (χ1v) is 2.66. The lowest BCUT2D eigenvalue weighted by molar-refractivity contribution is -0.155. The predicted octanol–water partition coefficient (Wildman–Crippen LogP) is 3.27. The summed E-state index contributed by atoms with van der Waals surface area (Å²) in [6, 6.07) is 0. The first-order chi connectivity index (χ1) is 4.65. The van der Waals surface area contributed by atoms with Crippen LogP contribution in [0.15, 0.2) is 0 Å². The maximum Gasteiger partial charge on any atom is 0.393 e. The predicted molar refractivity (Wildman–Crippen MR) is 25.8 cm³/mol. The fourth-order valence-electron chi connectivity index (χ4n) is 0.319. The van der Waals surface area contributed by atoms with E-state index in [4.69, 9.17) is 0 Å². The van der Waals surface area contributed by atoms with E-state index >= 15 is 0 Å². The second kappa shape index (κ2) is 3.08. The third kappa shape index (κ3) is 4.34. The highest BCUT2D eigenvalue weighted by Gasteiger charge is 2.49. The van der Waals surface area contributed by atoms with E-state index < -0.39 is 24.2 Å². The summed E-state index contributed by atoms with van der Waals surface area (Å²) in [6.45, 7) is 0. The van der Waals surface area contributed by atoms with Crippen molar-refractivity contribution in [1.29, 1.82) is 0 Å². The molecule has 1 atom stereocenters. The van der Waals surface area contributed by atoms with E-state index in [1.165, 1.54) is 0 Å². The van der Waals surface area contributed by atoms with Gasteiger partial charge in [-0.25, -0.2) is 4.39 Å². The van der Waals surface area contributed by atoms with Gasteiger partial charge in [0.25, 0.3) is 5.13 Å². The van der Waals surface area contributed by atoms with Crippen molar-refractivity contribution in [3.8, 4) is 0 Å². The standard InChI is InChI=1S/C4H2ClF6/c5-3(8,2(6)7)1-4(9,10)11/h1H2. The minimum Gasteiger partial charge on any atom is -0.219 e. The molecule has 0 saturated carbocycles. The van der Waals surface area contributed by atoms with E-state index in [2.05, 4.69) is 11.6 Å². The van der Waals surface area contributed by atoms with Crippen molar-refractivity contribution in [3.05, 3.63) is 6.43 Å². The quantitative estimate of drug-likeness (QED) is 0.473. The molecule has 1 radical (unpaired) electrons. The number of rotatable bonds is 2. The molecule has 0 aromatic carbocycles. The van der Waals surface area contributed by atoms with Crippen molar-refractivity contribution in [3.63, 3.8) is 0 Å². The summed E-state index contributed by atoms with van der Waals surface area (Å²) >= 11 is 4.18. The molecule has 0 amide bonds. The average molecular weight is 200 g/mol. The van der Waals surface area contributed by atoms with E-state index in [1.54, 1.807) is 0 Å². The smallest absolute Gasteiger partial charge is 0.219 e. The Hall–Kier alpha value is -0.130. The highest BCUT2D eigenvalue weighted by molar-refractivity contribution is 6.23. The van der Waals surface area contributed by atoms with Crippen LogP contribution in [0.4, 0.5) is 26.3 Å². The van der Waals surface area contributed by atoms with Gasteiger partial charge >= 0.3 is 12.6 Å². The maximum atomic E-state index is 12.0. The fourth-order valence-corrected chi connectivity index (χ4v) is 0.470. The van der Waals surface area contributed by atoms with Gasteiger partial charge in [-0.3, -0.25) is 0 Å². The van der Waals surface area contributed by atoms with Crippen LogP contribution >= 0.6 is 11.6 Å². The Morgan fingerprint density at radius 2 is 1.45 bits per heavy atom. The van der Waals surface area contributed by atoms with Gasteiger partial charge in [-0.15, -0.1) is 0 Å². The lowest BCUT2D eigenvalue weighted by Gasteiger charge is -2.16. The van der Waals surface area contributed by atoms with E-state index in [0.717, 1.165) is 0 Å². The van der Waals surface area contributed by atoms with Gasteiger partial charge in [0.2, 0.25) is 0 Å². The summed E-state index contributed by atoms with van der Waals surface area (Å²) < 4.78 is 68.2. The van der Waals surface area contributed by atoms with Crippen LogP contribution in [0.5, 0.6) is 0 Å². The summed E-state index contributed by atoms with van der Waals surface area (Å²) in [5, 5.41) is -4.09. The molecule has 0 saturated heterocycles. The van der Waals surface area contributed by atoms with Gasteiger partial charge in [-0.1, -0.05) is 11.6 Å². The Labute approximate surface area is 63.1 Å². The van der Waals surface area contributed by atoms with Crippen molar-refractivity contribution >= 4 is 11.6 Å². The number of hydrogen-bond donors (Lipinski definition) is 0. The van der Waals surface area contributed by atoms with Gasteiger partial charge in [-0.05, 0) is 0 Å². The van der Waals surface area contributed by atoms with E-state index in [0.29, 0.717) is 0 Å². The minimum atomic E-state index is -5.04. The molecule has 0 heterocycles. The first kappa shape index (κ1) is 10.9. The summed E-state index contributed by atoms with van der Waals surface area (Å²) in [7, 11) is 0. The van der Waals surface area contributed by atoms with Crippen molar-refractivity contribution < 1.29 is 26.3 Å². The molecule has 0 N–H and O–H groups in total. The zero-order chi connectivity index (χ0) is 9.28. The number of halogens is 7. The molecular formula is C4H2ClF6. The summed E-state index contributed by atoms with van der Waals surface area (Å²) in [5.74, 6) is 0. The largest absolute Gasteiger partial charge is 0.393 e. The third-order valence-corrected chi connectivity index (χ3v) is 0.975. The zero-order valence-corrected chi connectivity index (χ0v) is 5.61. The molecule has 1 unspecified atom stereocenters. The van der Waals surface area contributed by atoms with E-state index in [-0.39, 0.29) is 0 Å². The zero-order valence-electron chi connectivity index (χ0n) is 4.85. The maximum absolute atomic E-state index is 12.0. The van der Waals surface area contributed by atoms with Crippen molar-refractivity contribution in [1.82, 2.24) is 0 Å². The molecule has 0 aromatic rings. The molecule has 0 bridgehead atoms. The molecule has 0 aliphatic heterocycles. The van der Waals surface area contributed by atoms with Gasteiger partial charge in [-0.2, -0.15) is 22.0 Å². The molecule has 0 aliphatic carbocycles. The Morgan fingerprint density at radius 1 is 1.09 bits per heavy atom. The topological polar surface area (TPSA) is 0 Å². The fraction of sp³-hybridized carbons (Fsp3) is 0.750. The van der Waals surface area contributed by atoms with Crippen molar-refractivity contribution in [2.75, 3.05) is 0 Å². The van der Waals surface area contributed by atoms with Crippen LogP contribution in [-0.4, -0.2) is 11.3 Å². The van der Waals surface area contributed by atoms with E-state index in [1.807, 2.05) is 0 Å². The highest BCUT2D eigenvalue weighted by Crippen LogP contribution is 2.41. The summed E-state index contributed by atoms with van der Waals surface area (Å²) in [4.78, 5) is 0. The lowest BCUT2D eigenvalue weighted by atomic mass is 10.3. The molecule has 0 aromatic heterocycles. The van der Waals surface area contributed by atoms with Crippen LogP contribution in [0.1, 0.15) is 6.42 Å². The van der Waals surface area contributed by atoms with Crippen molar-refractivity contribution in [2.45, 2.75) is 17.7 Å². The molecule has 67 valence electrons. The van der Waals surface area contributed by atoms with Crippen molar-refractivity contribution in [2.24, 2.45) is 0 Å².